The largest absolute Gasteiger partial charge is 0.573 e. The molecule has 0 aliphatic heterocycles. The maximum absolute atomic E-state index is 12.6. The first-order chi connectivity index (χ1) is 8.67. The summed E-state index contributed by atoms with van der Waals surface area (Å²) in [4.78, 5) is 24.0. The van der Waals surface area contributed by atoms with Gasteiger partial charge in [-0.1, -0.05) is 0 Å². The highest BCUT2D eigenvalue weighted by molar-refractivity contribution is 5.92. The number of H-pyrrole nitrogens is 1. The van der Waals surface area contributed by atoms with Gasteiger partial charge in [-0.2, -0.15) is 0 Å². The van der Waals surface area contributed by atoms with Crippen molar-refractivity contribution in [3.05, 3.63) is 27.7 Å². The normalized spacial score (nSPS) is 11.5. The van der Waals surface area contributed by atoms with E-state index in [0.717, 1.165) is 7.11 Å². The lowest BCUT2D eigenvalue weighted by molar-refractivity contribution is -0.275. The second-order valence-corrected chi connectivity index (χ2v) is 3.11. The minimum Gasteiger partial charge on any atom is -0.465 e. The zero-order chi connectivity index (χ0) is 14.8. The van der Waals surface area contributed by atoms with E-state index in [1.54, 1.807) is 4.98 Å². The molecule has 0 aromatic carbocycles. The Kier molecular flexibility index (Phi) is 4.12. The molecule has 0 spiro atoms. The van der Waals surface area contributed by atoms with Gasteiger partial charge in [-0.3, -0.25) is 4.79 Å². The molecule has 10 heteroatoms. The van der Waals surface area contributed by atoms with Crippen LogP contribution in [-0.2, 0) is 4.74 Å². The van der Waals surface area contributed by atoms with Crippen molar-refractivity contribution in [3.8, 4) is 5.75 Å². The highest BCUT2D eigenvalue weighted by Gasteiger charge is 2.37. The highest BCUT2D eigenvalue weighted by atomic mass is 19.4. The molecule has 0 atom stereocenters. The Labute approximate surface area is 101 Å². The van der Waals surface area contributed by atoms with Gasteiger partial charge in [-0.15, -0.1) is 13.2 Å². The van der Waals surface area contributed by atoms with Crippen LogP contribution in [0.5, 0.6) is 5.75 Å². The Bertz CT molecular complexity index is 536. The number of carbonyl (C=O) groups excluding carboxylic acids is 1. The zero-order valence-corrected chi connectivity index (χ0v) is 9.18. The molecule has 0 aliphatic carbocycles. The second-order valence-electron chi connectivity index (χ2n) is 3.11. The number of hydrogen-bond donors (Lipinski definition) is 1. The molecule has 0 saturated carbocycles. The number of halogens is 5. The number of esters is 1. The zero-order valence-electron chi connectivity index (χ0n) is 9.18. The molecule has 5 nitrogen and oxygen atoms in total. The van der Waals surface area contributed by atoms with E-state index in [4.69, 9.17) is 0 Å². The van der Waals surface area contributed by atoms with Gasteiger partial charge in [0.05, 0.1) is 7.11 Å². The van der Waals surface area contributed by atoms with Crippen molar-refractivity contribution in [1.29, 1.82) is 0 Å². The van der Waals surface area contributed by atoms with Gasteiger partial charge >= 0.3 is 12.3 Å². The number of nitrogens with one attached hydrogen (secondary N) is 1. The van der Waals surface area contributed by atoms with Crippen LogP contribution in [0.15, 0.2) is 11.0 Å². The maximum Gasteiger partial charge on any atom is 0.573 e. The van der Waals surface area contributed by atoms with Crippen LogP contribution in [0.1, 0.15) is 22.3 Å². The van der Waals surface area contributed by atoms with E-state index in [9.17, 15) is 31.5 Å². The SMILES string of the molecule is COC(=O)c1c[nH]c(=O)c(C(F)F)c1OC(F)(F)F. The number of pyridine rings is 1. The van der Waals surface area contributed by atoms with E-state index in [0.29, 0.717) is 6.20 Å². The predicted octanol–water partition coefficient (Wildman–Crippen LogP) is 2.00. The highest BCUT2D eigenvalue weighted by Crippen LogP contribution is 2.33. The molecule has 0 aliphatic rings. The summed E-state index contributed by atoms with van der Waals surface area (Å²) in [6.45, 7) is 0. The Balaban J connectivity index is 3.53. The van der Waals surface area contributed by atoms with Crippen LogP contribution in [-0.4, -0.2) is 24.4 Å². The lowest BCUT2D eigenvalue weighted by Crippen LogP contribution is -2.25. The Morgan fingerprint density at radius 3 is 2.37 bits per heavy atom. The van der Waals surface area contributed by atoms with Crippen LogP contribution < -0.4 is 10.3 Å². The summed E-state index contributed by atoms with van der Waals surface area (Å²) in [5, 5.41) is 0. The van der Waals surface area contributed by atoms with Crippen LogP contribution >= 0.6 is 0 Å². The third-order valence-corrected chi connectivity index (χ3v) is 1.92. The molecule has 0 bridgehead atoms. The van der Waals surface area contributed by atoms with E-state index in [1.807, 2.05) is 0 Å². The van der Waals surface area contributed by atoms with Gasteiger partial charge in [0.1, 0.15) is 11.1 Å². The number of aromatic nitrogens is 1. The molecule has 0 amide bonds. The first kappa shape index (κ1) is 14.9. The number of carbonyl (C=O) groups is 1. The fourth-order valence-corrected chi connectivity index (χ4v) is 1.21. The van der Waals surface area contributed by atoms with Gasteiger partial charge in [0.15, 0.2) is 5.75 Å². The number of hydrogen-bond acceptors (Lipinski definition) is 4. The fraction of sp³-hybridized carbons (Fsp3) is 0.333. The van der Waals surface area contributed by atoms with Crippen molar-refractivity contribution in [2.24, 2.45) is 0 Å². The van der Waals surface area contributed by atoms with E-state index in [-0.39, 0.29) is 0 Å². The predicted molar refractivity (Wildman–Crippen MR) is 50.0 cm³/mol. The summed E-state index contributed by atoms with van der Waals surface area (Å²) >= 11 is 0. The summed E-state index contributed by atoms with van der Waals surface area (Å²) < 4.78 is 69.0. The van der Waals surface area contributed by atoms with Crippen molar-refractivity contribution in [3.63, 3.8) is 0 Å². The lowest BCUT2D eigenvalue weighted by Gasteiger charge is -2.14. The van der Waals surface area contributed by atoms with Gasteiger partial charge in [-0.05, 0) is 0 Å². The summed E-state index contributed by atoms with van der Waals surface area (Å²) in [7, 11) is 0.826. The molecule has 0 fully saturated rings. The minimum absolute atomic E-state index is 0.501. The summed E-state index contributed by atoms with van der Waals surface area (Å²) in [5.41, 5.74) is -4.06. The molecular weight excluding hydrogens is 281 g/mol. The topological polar surface area (TPSA) is 68.4 Å². The van der Waals surface area contributed by atoms with Crippen LogP contribution in [0.25, 0.3) is 0 Å². The molecule has 1 aromatic rings. The molecule has 106 valence electrons. The monoisotopic (exact) mass is 287 g/mol. The number of rotatable bonds is 3. The molecule has 19 heavy (non-hydrogen) atoms. The Hall–Kier alpha value is -2.13. The molecule has 0 unspecified atom stereocenters. The summed E-state index contributed by atoms with van der Waals surface area (Å²) in [6, 6.07) is 0. The van der Waals surface area contributed by atoms with Gasteiger partial charge < -0.3 is 14.5 Å². The Morgan fingerprint density at radius 2 is 1.95 bits per heavy atom. The van der Waals surface area contributed by atoms with E-state index in [1.165, 1.54) is 0 Å². The lowest BCUT2D eigenvalue weighted by atomic mass is 10.1. The molecule has 1 N–H and O–H groups in total. The van der Waals surface area contributed by atoms with Crippen LogP contribution in [0.2, 0.25) is 0 Å². The van der Waals surface area contributed by atoms with Crippen molar-refractivity contribution >= 4 is 5.97 Å². The first-order valence-electron chi connectivity index (χ1n) is 4.55. The third kappa shape index (κ3) is 3.42. The summed E-state index contributed by atoms with van der Waals surface area (Å²) in [6.07, 6.45) is -8.41. The van der Waals surface area contributed by atoms with E-state index in [2.05, 4.69) is 9.47 Å². The van der Waals surface area contributed by atoms with Gasteiger partial charge in [0, 0.05) is 6.20 Å². The molecule has 1 heterocycles. The first-order valence-corrected chi connectivity index (χ1v) is 4.55. The number of ether oxygens (including phenoxy) is 2. The molecule has 1 aromatic heterocycles. The molecule has 0 radical (unpaired) electrons. The average Bonchev–Trinajstić information content (AvgIpc) is 2.25. The van der Waals surface area contributed by atoms with Gasteiger partial charge in [0.25, 0.3) is 12.0 Å². The van der Waals surface area contributed by atoms with Gasteiger partial charge in [0.2, 0.25) is 0 Å². The maximum atomic E-state index is 12.6. The van der Waals surface area contributed by atoms with Crippen molar-refractivity contribution in [1.82, 2.24) is 4.98 Å². The standard InChI is InChI=1S/C9H6F5NO4/c1-18-8(17)3-2-15-7(16)4(6(10)11)5(3)19-9(12,13)14/h2,6H,1H3,(H,15,16). The second kappa shape index (κ2) is 5.24. The minimum atomic E-state index is -5.35. The van der Waals surface area contributed by atoms with Gasteiger partial charge in [-0.25, -0.2) is 13.6 Å². The Morgan fingerprint density at radius 1 is 1.37 bits per heavy atom. The van der Waals surface area contributed by atoms with E-state index >= 15 is 0 Å². The fourth-order valence-electron chi connectivity index (χ4n) is 1.21. The third-order valence-electron chi connectivity index (χ3n) is 1.92. The van der Waals surface area contributed by atoms with Crippen molar-refractivity contribution < 1.29 is 36.2 Å². The molecule has 1 rings (SSSR count). The smallest absolute Gasteiger partial charge is 0.465 e. The van der Waals surface area contributed by atoms with Crippen molar-refractivity contribution in [2.75, 3.05) is 7.11 Å². The summed E-state index contributed by atoms with van der Waals surface area (Å²) in [5.74, 6) is -2.93. The number of alkyl halides is 5. The van der Waals surface area contributed by atoms with E-state index < -0.39 is 41.2 Å². The van der Waals surface area contributed by atoms with Crippen molar-refractivity contribution in [2.45, 2.75) is 12.8 Å². The number of methoxy groups -OCH3 is 1. The van der Waals surface area contributed by atoms with Crippen LogP contribution in [0, 0.1) is 0 Å². The molecule has 0 saturated heterocycles. The average molecular weight is 287 g/mol. The quantitative estimate of drug-likeness (QED) is 0.682. The number of aromatic amines is 1. The molecular formula is C9H6F5NO4. The van der Waals surface area contributed by atoms with Crippen LogP contribution in [0.4, 0.5) is 22.0 Å². The van der Waals surface area contributed by atoms with Crippen LogP contribution in [0.3, 0.4) is 0 Å².